The number of carbonyl (C=O) groups is 2. The minimum atomic E-state index is -0.472. The van der Waals surface area contributed by atoms with Gasteiger partial charge in [-0.3, -0.25) is 9.59 Å². The van der Waals surface area contributed by atoms with E-state index in [1.54, 1.807) is 12.1 Å². The lowest BCUT2D eigenvalue weighted by molar-refractivity contribution is -0.146. The van der Waals surface area contributed by atoms with Gasteiger partial charge in [-0.15, -0.1) is 0 Å². The maximum atomic E-state index is 13.2. The number of benzene rings is 1. The molecule has 21 heavy (non-hydrogen) atoms. The molecule has 114 valence electrons. The van der Waals surface area contributed by atoms with Crippen molar-refractivity contribution >= 4 is 27.7 Å². The third-order valence-electron chi connectivity index (χ3n) is 3.80. The van der Waals surface area contributed by atoms with Gasteiger partial charge < -0.3 is 10.2 Å². The summed E-state index contributed by atoms with van der Waals surface area (Å²) in [7, 11) is 0. The Labute approximate surface area is 131 Å². The first-order valence-corrected chi connectivity index (χ1v) is 7.73. The van der Waals surface area contributed by atoms with Crippen LogP contribution in [0.3, 0.4) is 0 Å². The number of halogens is 2. The van der Waals surface area contributed by atoms with Gasteiger partial charge in [0.05, 0.1) is 11.0 Å². The smallest absolute Gasteiger partial charge is 0.246 e. The first kappa shape index (κ1) is 15.9. The largest absolute Gasteiger partial charge is 0.342 e. The zero-order valence-electron chi connectivity index (χ0n) is 12.0. The molecule has 1 fully saturated rings. The molecule has 2 rings (SSSR count). The van der Waals surface area contributed by atoms with Crippen molar-refractivity contribution in [2.45, 2.75) is 32.9 Å². The van der Waals surface area contributed by atoms with Crippen LogP contribution in [0.5, 0.6) is 0 Å². The Morgan fingerprint density at radius 2 is 2.19 bits per heavy atom. The standard InChI is InChI=1S/C15H18BrFN2O2/c1-3-9(2)14-15(21)19(8-13(20)18-14)7-10-4-5-12(17)11(16)6-10/h4-6,9,14H,3,7-8H2,1-2H3,(H,18,20). The van der Waals surface area contributed by atoms with Gasteiger partial charge in [0, 0.05) is 6.54 Å². The van der Waals surface area contributed by atoms with Gasteiger partial charge >= 0.3 is 0 Å². The molecule has 1 saturated heterocycles. The highest BCUT2D eigenvalue weighted by atomic mass is 79.9. The van der Waals surface area contributed by atoms with Crippen molar-refractivity contribution in [2.75, 3.05) is 6.54 Å². The van der Waals surface area contributed by atoms with E-state index in [2.05, 4.69) is 21.2 Å². The second-order valence-corrected chi connectivity index (χ2v) is 6.23. The molecule has 0 spiro atoms. The Hall–Kier alpha value is -1.43. The predicted octanol–water partition coefficient (Wildman–Crippen LogP) is 2.46. The van der Waals surface area contributed by atoms with E-state index in [-0.39, 0.29) is 30.1 Å². The molecule has 1 aromatic carbocycles. The third-order valence-corrected chi connectivity index (χ3v) is 4.41. The van der Waals surface area contributed by atoms with Crippen LogP contribution in [-0.4, -0.2) is 29.3 Å². The summed E-state index contributed by atoms with van der Waals surface area (Å²) in [5, 5.41) is 2.75. The fourth-order valence-electron chi connectivity index (χ4n) is 2.34. The van der Waals surface area contributed by atoms with Crippen molar-refractivity contribution in [2.24, 2.45) is 5.92 Å². The minimum Gasteiger partial charge on any atom is -0.342 e. The highest BCUT2D eigenvalue weighted by Crippen LogP contribution is 2.20. The molecule has 2 amide bonds. The summed E-state index contributed by atoms with van der Waals surface area (Å²) in [6.07, 6.45) is 0.812. The molecule has 0 bridgehead atoms. The van der Waals surface area contributed by atoms with Crippen LogP contribution < -0.4 is 5.32 Å². The lowest BCUT2D eigenvalue weighted by Crippen LogP contribution is -2.59. The number of nitrogens with one attached hydrogen (secondary N) is 1. The summed E-state index contributed by atoms with van der Waals surface area (Å²) < 4.78 is 13.6. The molecule has 4 nitrogen and oxygen atoms in total. The van der Waals surface area contributed by atoms with Crippen molar-refractivity contribution in [3.63, 3.8) is 0 Å². The SMILES string of the molecule is CCC(C)C1NC(=O)CN(Cc2ccc(F)c(Br)c2)C1=O. The summed E-state index contributed by atoms with van der Waals surface area (Å²) >= 11 is 3.13. The lowest BCUT2D eigenvalue weighted by Gasteiger charge is -2.35. The van der Waals surface area contributed by atoms with Gasteiger partial charge in [0.25, 0.3) is 0 Å². The van der Waals surface area contributed by atoms with E-state index in [4.69, 9.17) is 0 Å². The summed E-state index contributed by atoms with van der Waals surface area (Å²) in [6.45, 7) is 4.28. The van der Waals surface area contributed by atoms with Crippen LogP contribution in [0, 0.1) is 11.7 Å². The van der Waals surface area contributed by atoms with E-state index in [9.17, 15) is 14.0 Å². The third kappa shape index (κ3) is 3.61. The molecule has 0 aliphatic carbocycles. The Bertz CT molecular complexity index is 565. The molecule has 1 N–H and O–H groups in total. The average molecular weight is 357 g/mol. The van der Waals surface area contributed by atoms with Crippen molar-refractivity contribution in [1.29, 1.82) is 0 Å². The first-order valence-electron chi connectivity index (χ1n) is 6.94. The van der Waals surface area contributed by atoms with Crippen LogP contribution in [0.1, 0.15) is 25.8 Å². The van der Waals surface area contributed by atoms with Crippen LogP contribution in [0.15, 0.2) is 22.7 Å². The summed E-state index contributed by atoms with van der Waals surface area (Å²) in [5.74, 6) is -0.492. The van der Waals surface area contributed by atoms with E-state index >= 15 is 0 Å². The van der Waals surface area contributed by atoms with Crippen LogP contribution in [0.25, 0.3) is 0 Å². The Morgan fingerprint density at radius 1 is 1.48 bits per heavy atom. The highest BCUT2D eigenvalue weighted by molar-refractivity contribution is 9.10. The van der Waals surface area contributed by atoms with Gasteiger partial charge in [-0.1, -0.05) is 26.3 Å². The Kier molecular flexibility index (Phi) is 4.98. The van der Waals surface area contributed by atoms with Gasteiger partial charge in [-0.25, -0.2) is 4.39 Å². The van der Waals surface area contributed by atoms with E-state index in [1.807, 2.05) is 13.8 Å². The predicted molar refractivity (Wildman–Crippen MR) is 80.9 cm³/mol. The summed E-state index contributed by atoms with van der Waals surface area (Å²) in [6, 6.07) is 4.13. The Balaban J connectivity index is 2.16. The van der Waals surface area contributed by atoms with Crippen molar-refractivity contribution in [1.82, 2.24) is 10.2 Å². The Morgan fingerprint density at radius 3 is 2.81 bits per heavy atom. The molecular weight excluding hydrogens is 339 g/mol. The van der Waals surface area contributed by atoms with Gasteiger partial charge in [0.1, 0.15) is 11.9 Å². The van der Waals surface area contributed by atoms with Crippen LogP contribution in [0.2, 0.25) is 0 Å². The number of nitrogens with zero attached hydrogens (tertiary/aromatic N) is 1. The zero-order valence-corrected chi connectivity index (χ0v) is 13.6. The quantitative estimate of drug-likeness (QED) is 0.900. The van der Waals surface area contributed by atoms with Crippen molar-refractivity contribution in [3.8, 4) is 0 Å². The molecule has 6 heteroatoms. The van der Waals surface area contributed by atoms with E-state index in [0.29, 0.717) is 11.0 Å². The molecule has 2 unspecified atom stereocenters. The molecule has 1 aliphatic heterocycles. The average Bonchev–Trinajstić information content (AvgIpc) is 2.45. The van der Waals surface area contributed by atoms with Crippen molar-refractivity contribution in [3.05, 3.63) is 34.1 Å². The summed E-state index contributed by atoms with van der Waals surface area (Å²) in [5.41, 5.74) is 0.786. The van der Waals surface area contributed by atoms with Crippen molar-refractivity contribution < 1.29 is 14.0 Å². The monoisotopic (exact) mass is 356 g/mol. The zero-order chi connectivity index (χ0) is 15.6. The fraction of sp³-hybridized carbons (Fsp3) is 0.467. The van der Waals surface area contributed by atoms with Gasteiger partial charge in [-0.2, -0.15) is 0 Å². The number of hydrogen-bond acceptors (Lipinski definition) is 2. The first-order chi connectivity index (χ1) is 9.92. The molecule has 2 atom stereocenters. The normalized spacial score (nSPS) is 20.4. The van der Waals surface area contributed by atoms with E-state index in [1.165, 1.54) is 11.0 Å². The molecule has 1 aliphatic rings. The lowest BCUT2D eigenvalue weighted by atomic mass is 9.96. The molecule has 1 aromatic rings. The number of amides is 2. The molecule has 0 radical (unpaired) electrons. The van der Waals surface area contributed by atoms with Crippen LogP contribution in [0.4, 0.5) is 4.39 Å². The van der Waals surface area contributed by atoms with E-state index < -0.39 is 6.04 Å². The van der Waals surface area contributed by atoms with E-state index in [0.717, 1.165) is 12.0 Å². The minimum absolute atomic E-state index is 0.0424. The van der Waals surface area contributed by atoms with Crippen LogP contribution in [-0.2, 0) is 16.1 Å². The number of rotatable bonds is 4. The topological polar surface area (TPSA) is 49.4 Å². The molecule has 0 saturated carbocycles. The molecule has 0 aromatic heterocycles. The highest BCUT2D eigenvalue weighted by Gasteiger charge is 2.35. The van der Waals surface area contributed by atoms with Crippen LogP contribution >= 0.6 is 15.9 Å². The van der Waals surface area contributed by atoms with Gasteiger partial charge in [-0.05, 0) is 39.5 Å². The second kappa shape index (κ2) is 6.56. The fourth-order valence-corrected chi connectivity index (χ4v) is 2.77. The second-order valence-electron chi connectivity index (χ2n) is 5.37. The van der Waals surface area contributed by atoms with Gasteiger partial charge in [0.15, 0.2) is 0 Å². The number of hydrogen-bond donors (Lipinski definition) is 1. The molecular formula is C15H18BrFN2O2. The molecule has 1 heterocycles. The maximum absolute atomic E-state index is 13.2. The number of carbonyl (C=O) groups excluding carboxylic acids is 2. The summed E-state index contributed by atoms with van der Waals surface area (Å²) in [4.78, 5) is 25.8. The maximum Gasteiger partial charge on any atom is 0.246 e. The van der Waals surface area contributed by atoms with Gasteiger partial charge in [0.2, 0.25) is 11.8 Å². The number of piperazine rings is 1.